The van der Waals surface area contributed by atoms with Crippen molar-refractivity contribution in [2.75, 3.05) is 5.32 Å². The summed E-state index contributed by atoms with van der Waals surface area (Å²) in [5, 5.41) is 17.4. The molecule has 8 heteroatoms. The van der Waals surface area contributed by atoms with Crippen LogP contribution in [0.5, 0.6) is 0 Å². The number of carbonyl (C=O) groups excluding carboxylic acids is 2. The number of aromatic amines is 1. The first-order valence-electron chi connectivity index (χ1n) is 12.1. The molecule has 2 amide bonds. The summed E-state index contributed by atoms with van der Waals surface area (Å²) in [6.07, 6.45) is 10.8. The second kappa shape index (κ2) is 10.6. The van der Waals surface area contributed by atoms with Gasteiger partial charge in [0.05, 0.1) is 5.69 Å². The maximum Gasteiger partial charge on any atom is 0.270 e. The molecule has 35 heavy (non-hydrogen) atoms. The summed E-state index contributed by atoms with van der Waals surface area (Å²) in [6.45, 7) is 6.37. The van der Waals surface area contributed by atoms with E-state index in [4.69, 9.17) is 6.42 Å². The highest BCUT2D eigenvalue weighted by Gasteiger charge is 2.33. The number of rotatable bonds is 7. The van der Waals surface area contributed by atoms with Gasteiger partial charge in [0.1, 0.15) is 18.3 Å². The highest BCUT2D eigenvalue weighted by atomic mass is 16.2. The molecule has 0 radical (unpaired) electrons. The van der Waals surface area contributed by atoms with E-state index in [9.17, 15) is 9.59 Å². The number of hydrogen-bond acceptors (Lipinski definition) is 4. The van der Waals surface area contributed by atoms with Crippen LogP contribution in [-0.2, 0) is 11.3 Å². The van der Waals surface area contributed by atoms with Gasteiger partial charge in [-0.25, -0.2) is 4.68 Å². The zero-order valence-corrected chi connectivity index (χ0v) is 20.5. The molecule has 0 saturated heterocycles. The monoisotopic (exact) mass is 472 g/mol. The van der Waals surface area contributed by atoms with E-state index < -0.39 is 6.04 Å². The molecule has 1 saturated carbocycles. The summed E-state index contributed by atoms with van der Waals surface area (Å²) in [7, 11) is 0. The largest absolute Gasteiger partial charge is 0.339 e. The molecule has 1 aliphatic rings. The van der Waals surface area contributed by atoms with E-state index in [2.05, 4.69) is 38.8 Å². The van der Waals surface area contributed by atoms with Crippen LogP contribution in [0.1, 0.15) is 54.5 Å². The lowest BCUT2D eigenvalue weighted by Crippen LogP contribution is -2.49. The molecule has 1 aliphatic carbocycles. The Morgan fingerprint density at radius 2 is 1.89 bits per heavy atom. The number of aryl methyl sites for hydroxylation is 2. The van der Waals surface area contributed by atoms with Crippen LogP contribution in [0.3, 0.4) is 0 Å². The fraction of sp³-hybridized carbons (Fsp3) is 0.407. The molecule has 0 spiro atoms. The molecule has 0 unspecified atom stereocenters. The van der Waals surface area contributed by atoms with Crippen LogP contribution in [0.25, 0.3) is 11.1 Å². The quantitative estimate of drug-likeness (QED) is 0.451. The molecule has 1 fully saturated rings. The summed E-state index contributed by atoms with van der Waals surface area (Å²) >= 11 is 0. The van der Waals surface area contributed by atoms with Crippen molar-refractivity contribution < 1.29 is 9.59 Å². The summed E-state index contributed by atoms with van der Waals surface area (Å²) in [4.78, 5) is 26.5. The molecule has 3 aromatic rings. The third-order valence-corrected chi connectivity index (χ3v) is 6.86. The molecule has 2 aromatic heterocycles. The van der Waals surface area contributed by atoms with Crippen molar-refractivity contribution in [1.82, 2.24) is 25.3 Å². The molecule has 3 N–H and O–H groups in total. The second-order valence-corrected chi connectivity index (χ2v) is 9.42. The van der Waals surface area contributed by atoms with Gasteiger partial charge in [-0.2, -0.15) is 10.2 Å². The Balaban J connectivity index is 1.51. The molecule has 0 aliphatic heterocycles. The van der Waals surface area contributed by atoms with Gasteiger partial charge in [-0.1, -0.05) is 37.8 Å². The van der Waals surface area contributed by atoms with Crippen molar-refractivity contribution in [3.8, 4) is 23.5 Å². The van der Waals surface area contributed by atoms with Crippen LogP contribution in [0.15, 0.2) is 36.5 Å². The van der Waals surface area contributed by atoms with Crippen LogP contribution in [-0.4, -0.2) is 37.8 Å². The van der Waals surface area contributed by atoms with E-state index in [-0.39, 0.29) is 24.3 Å². The Hall–Kier alpha value is -3.86. The minimum Gasteiger partial charge on any atom is -0.339 e. The van der Waals surface area contributed by atoms with Crippen molar-refractivity contribution in [3.05, 3.63) is 53.6 Å². The Bertz CT molecular complexity index is 1210. The number of aromatic nitrogens is 4. The number of carbonyl (C=O) groups is 2. The van der Waals surface area contributed by atoms with Gasteiger partial charge in [-0.15, -0.1) is 6.42 Å². The van der Waals surface area contributed by atoms with Gasteiger partial charge in [-0.05, 0) is 62.3 Å². The van der Waals surface area contributed by atoms with Gasteiger partial charge in [0.15, 0.2) is 0 Å². The number of nitrogens with zero attached hydrogens (tertiary/aromatic N) is 3. The molecule has 182 valence electrons. The van der Waals surface area contributed by atoms with Gasteiger partial charge >= 0.3 is 0 Å². The number of benzene rings is 1. The van der Waals surface area contributed by atoms with Crippen molar-refractivity contribution >= 4 is 17.5 Å². The minimum atomic E-state index is -0.651. The average molecular weight is 473 g/mol. The molecule has 2 heterocycles. The lowest BCUT2D eigenvalue weighted by molar-refractivity contribution is -0.119. The van der Waals surface area contributed by atoms with Gasteiger partial charge in [0.25, 0.3) is 5.91 Å². The number of H-pyrrole nitrogens is 1. The average Bonchev–Trinajstić information content (AvgIpc) is 3.45. The third-order valence-electron chi connectivity index (χ3n) is 6.86. The van der Waals surface area contributed by atoms with Crippen LogP contribution < -0.4 is 10.6 Å². The Kier molecular flexibility index (Phi) is 7.35. The smallest absolute Gasteiger partial charge is 0.270 e. The summed E-state index contributed by atoms with van der Waals surface area (Å²) in [5.41, 5.74) is 5.04. The summed E-state index contributed by atoms with van der Waals surface area (Å²) < 4.78 is 1.46. The van der Waals surface area contributed by atoms with Gasteiger partial charge in [0, 0.05) is 23.1 Å². The molecule has 8 nitrogen and oxygen atoms in total. The fourth-order valence-electron chi connectivity index (χ4n) is 4.89. The van der Waals surface area contributed by atoms with Gasteiger partial charge in [-0.3, -0.25) is 14.7 Å². The Labute approximate surface area is 205 Å². The lowest BCUT2D eigenvalue weighted by Gasteiger charge is -2.32. The van der Waals surface area contributed by atoms with E-state index in [1.807, 2.05) is 38.1 Å². The first-order valence-corrected chi connectivity index (χ1v) is 12.1. The number of nitrogens with one attached hydrogen (secondary N) is 3. The number of amides is 2. The van der Waals surface area contributed by atoms with Crippen LogP contribution in [0.4, 0.5) is 5.69 Å². The minimum absolute atomic E-state index is 0.0645. The van der Waals surface area contributed by atoms with E-state index in [1.54, 1.807) is 6.07 Å². The molecular formula is C27H32N6O2. The molecule has 0 bridgehead atoms. The predicted octanol–water partition coefficient (Wildman–Crippen LogP) is 4.09. The van der Waals surface area contributed by atoms with E-state index in [0.29, 0.717) is 17.3 Å². The second-order valence-electron chi connectivity index (χ2n) is 9.42. The molecule has 1 aromatic carbocycles. The Morgan fingerprint density at radius 1 is 1.17 bits per heavy atom. The van der Waals surface area contributed by atoms with E-state index in [1.165, 1.54) is 10.9 Å². The van der Waals surface area contributed by atoms with Crippen LogP contribution in [0, 0.1) is 38.0 Å². The normalized spacial score (nSPS) is 18.5. The van der Waals surface area contributed by atoms with Crippen molar-refractivity contribution in [2.45, 2.75) is 59.0 Å². The maximum atomic E-state index is 13.4. The molecule has 1 atom stereocenters. The SMILES string of the molecule is C#CCn1nccc1C(=O)N[C@H](C(=O)Nc1ccc(-c2c(C)n[nH]c2C)cc1)C1CCC(C)CC1. The van der Waals surface area contributed by atoms with Gasteiger partial charge in [0.2, 0.25) is 5.91 Å². The summed E-state index contributed by atoms with van der Waals surface area (Å²) in [5.74, 6) is 2.63. The first-order chi connectivity index (χ1) is 16.9. The number of hydrogen-bond donors (Lipinski definition) is 3. The zero-order chi connectivity index (χ0) is 24.9. The first kappa shape index (κ1) is 24.3. The van der Waals surface area contributed by atoms with Crippen molar-refractivity contribution in [3.63, 3.8) is 0 Å². The van der Waals surface area contributed by atoms with E-state index in [0.717, 1.165) is 48.2 Å². The van der Waals surface area contributed by atoms with Crippen LogP contribution in [0.2, 0.25) is 0 Å². The van der Waals surface area contributed by atoms with Gasteiger partial charge < -0.3 is 10.6 Å². The number of terminal acetylenes is 1. The maximum absolute atomic E-state index is 13.4. The van der Waals surface area contributed by atoms with Crippen molar-refractivity contribution in [1.29, 1.82) is 0 Å². The molecular weight excluding hydrogens is 440 g/mol. The predicted molar refractivity (Wildman–Crippen MR) is 136 cm³/mol. The van der Waals surface area contributed by atoms with E-state index >= 15 is 0 Å². The topological polar surface area (TPSA) is 105 Å². The molecule has 4 rings (SSSR count). The van der Waals surface area contributed by atoms with Crippen molar-refractivity contribution in [2.24, 2.45) is 11.8 Å². The highest BCUT2D eigenvalue weighted by Crippen LogP contribution is 2.31. The fourth-order valence-corrected chi connectivity index (χ4v) is 4.89. The third kappa shape index (κ3) is 5.46. The van der Waals surface area contributed by atoms with Crippen LogP contribution >= 0.6 is 0 Å². The highest BCUT2D eigenvalue weighted by molar-refractivity contribution is 6.00. The number of anilines is 1. The zero-order valence-electron chi connectivity index (χ0n) is 20.5. The summed E-state index contributed by atoms with van der Waals surface area (Å²) in [6, 6.07) is 8.65. The Morgan fingerprint density at radius 3 is 2.51 bits per heavy atom. The lowest BCUT2D eigenvalue weighted by atomic mass is 9.79. The standard InChI is InChI=1S/C27H32N6O2/c1-5-16-33-23(14-15-28-33)26(34)30-25(21-8-6-17(2)7-9-21)27(35)29-22-12-10-20(11-13-22)24-18(3)31-32-19(24)4/h1,10-15,17,21,25H,6-9,16H2,2-4H3,(H,29,35)(H,30,34)(H,31,32)/t17?,21?,25-/m0/s1.